The Labute approximate surface area is 230 Å². The van der Waals surface area contributed by atoms with Crippen molar-refractivity contribution in [2.45, 2.75) is 54.9 Å². The highest BCUT2D eigenvalue weighted by molar-refractivity contribution is 8.02. The Kier molecular flexibility index (Phi) is 6.80. The SMILES string of the molecule is CCCNC(=O)[C@@H]1[C@H]2C(=O)N([C@H](CO)c3ccccc3)C(C(=O)NCn3nnc4ccccc43)C23CC[C@H]1S3. The van der Waals surface area contributed by atoms with Crippen LogP contribution in [0.15, 0.2) is 54.6 Å². The summed E-state index contributed by atoms with van der Waals surface area (Å²) in [5.74, 6) is -1.81. The van der Waals surface area contributed by atoms with Crippen LogP contribution < -0.4 is 10.6 Å². The fraction of sp³-hybridized carbons (Fsp3) is 0.464. The second-order valence-corrected chi connectivity index (χ2v) is 12.1. The van der Waals surface area contributed by atoms with Gasteiger partial charge in [-0.05, 0) is 37.0 Å². The Bertz CT molecular complexity index is 1400. The lowest BCUT2D eigenvalue weighted by molar-refractivity contribution is -0.143. The van der Waals surface area contributed by atoms with Gasteiger partial charge < -0.3 is 20.6 Å². The number of thioether (sulfide) groups is 1. The predicted molar refractivity (Wildman–Crippen MR) is 146 cm³/mol. The fourth-order valence-corrected chi connectivity index (χ4v) is 8.91. The Hall–Kier alpha value is -3.44. The standard InChI is InChI=1S/C28H32N6O4S/c1-2-14-29-25(36)22-21-12-13-28(39-21)23(22)27(38)34(20(15-35)17-8-4-3-5-9-17)24(28)26(37)30-16-33-19-11-7-6-10-18(19)31-32-33/h3-11,20-24,35H,2,12-16H2,1H3,(H,29,36)(H,30,37)/t20-,21-,22+,23+,24?,28?/m1/s1. The molecule has 1 aromatic heterocycles. The molecule has 0 aliphatic carbocycles. The van der Waals surface area contributed by atoms with E-state index in [0.717, 1.165) is 29.4 Å². The van der Waals surface area contributed by atoms with Crippen LogP contribution in [0, 0.1) is 11.8 Å². The normalized spacial score (nSPS) is 28.1. The molecule has 39 heavy (non-hydrogen) atoms. The monoisotopic (exact) mass is 548 g/mol. The second kappa shape index (κ2) is 10.3. The molecule has 3 saturated heterocycles. The highest BCUT2D eigenvalue weighted by atomic mass is 32.2. The van der Waals surface area contributed by atoms with E-state index in [1.807, 2.05) is 61.5 Å². The third-order valence-electron chi connectivity index (χ3n) is 8.35. The van der Waals surface area contributed by atoms with Gasteiger partial charge in [0.25, 0.3) is 0 Å². The second-order valence-electron chi connectivity index (χ2n) is 10.5. The summed E-state index contributed by atoms with van der Waals surface area (Å²) in [6, 6.07) is 15.2. The number of aliphatic hydroxyl groups excluding tert-OH is 1. The van der Waals surface area contributed by atoms with Crippen LogP contribution >= 0.6 is 11.8 Å². The summed E-state index contributed by atoms with van der Waals surface area (Å²) < 4.78 is 0.872. The van der Waals surface area contributed by atoms with Crippen molar-refractivity contribution >= 4 is 40.5 Å². The Morgan fingerprint density at radius 1 is 1.13 bits per heavy atom. The molecule has 3 aliphatic rings. The molecular formula is C28H32N6O4S. The minimum absolute atomic E-state index is 0.0168. The first kappa shape index (κ1) is 25.8. The lowest BCUT2D eigenvalue weighted by atomic mass is 9.70. The zero-order chi connectivity index (χ0) is 27.1. The first-order valence-electron chi connectivity index (χ1n) is 13.5. The molecule has 3 aromatic rings. The molecule has 10 nitrogen and oxygen atoms in total. The third kappa shape index (κ3) is 4.10. The predicted octanol–water partition coefficient (Wildman–Crippen LogP) is 1.86. The number of benzene rings is 2. The molecule has 2 unspecified atom stereocenters. The lowest BCUT2D eigenvalue weighted by Gasteiger charge is -2.37. The van der Waals surface area contributed by atoms with Crippen LogP contribution in [0.5, 0.6) is 0 Å². The molecular weight excluding hydrogens is 516 g/mol. The van der Waals surface area contributed by atoms with E-state index in [-0.39, 0.29) is 36.2 Å². The largest absolute Gasteiger partial charge is 0.394 e. The molecule has 3 aliphatic heterocycles. The van der Waals surface area contributed by atoms with Crippen LogP contribution in [0.3, 0.4) is 0 Å². The number of aromatic nitrogens is 3. The number of nitrogens with one attached hydrogen (secondary N) is 2. The van der Waals surface area contributed by atoms with Gasteiger partial charge in [-0.2, -0.15) is 0 Å². The number of amides is 3. The number of nitrogens with zero attached hydrogens (tertiary/aromatic N) is 4. The summed E-state index contributed by atoms with van der Waals surface area (Å²) in [5.41, 5.74) is 2.25. The van der Waals surface area contributed by atoms with Crippen molar-refractivity contribution in [3.05, 3.63) is 60.2 Å². The van der Waals surface area contributed by atoms with E-state index in [0.29, 0.717) is 13.0 Å². The summed E-state index contributed by atoms with van der Waals surface area (Å²) in [6.07, 6.45) is 2.22. The maximum atomic E-state index is 14.3. The van der Waals surface area contributed by atoms with Crippen molar-refractivity contribution in [2.24, 2.45) is 11.8 Å². The van der Waals surface area contributed by atoms with Crippen molar-refractivity contribution in [1.82, 2.24) is 30.5 Å². The van der Waals surface area contributed by atoms with Gasteiger partial charge in [0.15, 0.2) is 0 Å². The highest BCUT2D eigenvalue weighted by Gasteiger charge is 2.74. The lowest BCUT2D eigenvalue weighted by Crippen LogP contribution is -2.54. The molecule has 6 rings (SSSR count). The van der Waals surface area contributed by atoms with E-state index in [4.69, 9.17) is 0 Å². The summed E-state index contributed by atoms with van der Waals surface area (Å²) in [5, 5.41) is 24.9. The molecule has 204 valence electrons. The first-order valence-corrected chi connectivity index (χ1v) is 14.4. The maximum absolute atomic E-state index is 14.3. The van der Waals surface area contributed by atoms with Gasteiger partial charge in [0.2, 0.25) is 17.7 Å². The number of para-hydroxylation sites is 1. The van der Waals surface area contributed by atoms with Crippen LogP contribution in [0.25, 0.3) is 11.0 Å². The molecule has 3 amide bonds. The summed E-state index contributed by atoms with van der Waals surface area (Å²) in [6.45, 7) is 2.28. The van der Waals surface area contributed by atoms with Crippen LogP contribution in [0.2, 0.25) is 0 Å². The number of carbonyl (C=O) groups excluding carboxylic acids is 3. The number of aliphatic hydroxyl groups is 1. The maximum Gasteiger partial charge on any atom is 0.245 e. The number of likely N-dealkylation sites (tertiary alicyclic amines) is 1. The molecule has 2 bridgehead atoms. The highest BCUT2D eigenvalue weighted by Crippen LogP contribution is 2.67. The van der Waals surface area contributed by atoms with Gasteiger partial charge in [-0.3, -0.25) is 14.4 Å². The number of hydrogen-bond donors (Lipinski definition) is 3. The van der Waals surface area contributed by atoms with Gasteiger partial charge in [-0.15, -0.1) is 16.9 Å². The molecule has 11 heteroatoms. The first-order chi connectivity index (χ1) is 19.0. The van der Waals surface area contributed by atoms with Crippen LogP contribution in [-0.2, 0) is 21.1 Å². The van der Waals surface area contributed by atoms with Gasteiger partial charge in [-0.1, -0.05) is 54.6 Å². The smallest absolute Gasteiger partial charge is 0.245 e. The molecule has 2 aromatic carbocycles. The average Bonchev–Trinajstić information content (AvgIpc) is 3.71. The van der Waals surface area contributed by atoms with Gasteiger partial charge in [0, 0.05) is 11.8 Å². The number of carbonyl (C=O) groups is 3. The molecule has 3 fully saturated rings. The fourth-order valence-electron chi connectivity index (χ4n) is 6.71. The number of fused-ring (bicyclic) bond motifs is 2. The summed E-state index contributed by atoms with van der Waals surface area (Å²) >= 11 is 1.61. The Morgan fingerprint density at radius 2 is 1.90 bits per heavy atom. The minimum atomic E-state index is -0.846. The Balaban J connectivity index is 1.36. The van der Waals surface area contributed by atoms with E-state index in [1.165, 1.54) is 0 Å². The average molecular weight is 549 g/mol. The van der Waals surface area contributed by atoms with Crippen molar-refractivity contribution in [2.75, 3.05) is 13.2 Å². The third-order valence-corrected chi connectivity index (χ3v) is 10.3. The van der Waals surface area contributed by atoms with E-state index in [9.17, 15) is 19.5 Å². The summed E-state index contributed by atoms with van der Waals surface area (Å²) in [4.78, 5) is 43.2. The van der Waals surface area contributed by atoms with Gasteiger partial charge >= 0.3 is 0 Å². The van der Waals surface area contributed by atoms with Crippen molar-refractivity contribution in [3.63, 3.8) is 0 Å². The van der Waals surface area contributed by atoms with E-state index < -0.39 is 28.7 Å². The Morgan fingerprint density at radius 3 is 2.67 bits per heavy atom. The molecule has 0 saturated carbocycles. The molecule has 0 radical (unpaired) electrons. The molecule has 4 heterocycles. The van der Waals surface area contributed by atoms with Crippen molar-refractivity contribution in [1.29, 1.82) is 0 Å². The zero-order valence-electron chi connectivity index (χ0n) is 21.7. The van der Waals surface area contributed by atoms with Crippen LogP contribution in [-0.4, -0.2) is 71.9 Å². The van der Waals surface area contributed by atoms with Crippen LogP contribution in [0.1, 0.15) is 37.8 Å². The summed E-state index contributed by atoms with van der Waals surface area (Å²) in [7, 11) is 0. The number of hydrogen-bond acceptors (Lipinski definition) is 7. The van der Waals surface area contributed by atoms with Gasteiger partial charge in [0.1, 0.15) is 18.2 Å². The van der Waals surface area contributed by atoms with Crippen molar-refractivity contribution in [3.8, 4) is 0 Å². The minimum Gasteiger partial charge on any atom is -0.394 e. The van der Waals surface area contributed by atoms with Gasteiger partial charge in [-0.25, -0.2) is 4.68 Å². The van der Waals surface area contributed by atoms with E-state index in [1.54, 1.807) is 21.3 Å². The van der Waals surface area contributed by atoms with Crippen LogP contribution in [0.4, 0.5) is 0 Å². The molecule has 1 spiro atoms. The zero-order valence-corrected chi connectivity index (χ0v) is 22.5. The molecule has 6 atom stereocenters. The van der Waals surface area contributed by atoms with Crippen molar-refractivity contribution < 1.29 is 19.5 Å². The molecule has 3 N–H and O–H groups in total. The van der Waals surface area contributed by atoms with E-state index >= 15 is 0 Å². The van der Waals surface area contributed by atoms with Gasteiger partial charge in [0.05, 0.1) is 34.7 Å². The number of rotatable bonds is 9. The van der Waals surface area contributed by atoms with E-state index in [2.05, 4.69) is 20.9 Å². The quantitative estimate of drug-likeness (QED) is 0.372. The topological polar surface area (TPSA) is 129 Å².